The van der Waals surface area contributed by atoms with Gasteiger partial charge in [-0.2, -0.15) is 0 Å². The first-order valence-electron chi connectivity index (χ1n) is 13.2. The van der Waals surface area contributed by atoms with E-state index in [-0.39, 0.29) is 71.4 Å². The van der Waals surface area contributed by atoms with Crippen molar-refractivity contribution < 1.29 is 29.1 Å². The van der Waals surface area contributed by atoms with Gasteiger partial charge in [-0.25, -0.2) is 4.79 Å². The van der Waals surface area contributed by atoms with E-state index < -0.39 is 22.4 Å². The van der Waals surface area contributed by atoms with Gasteiger partial charge in [-0.15, -0.1) is 11.3 Å². The van der Waals surface area contributed by atoms with Gasteiger partial charge in [-0.05, 0) is 30.3 Å². The minimum absolute atomic E-state index is 0.0685. The van der Waals surface area contributed by atoms with E-state index in [1.54, 1.807) is 50.6 Å². The lowest BCUT2D eigenvalue weighted by molar-refractivity contribution is -0.384. The Hall–Kier alpha value is -5.17. The Labute approximate surface area is 240 Å². The Kier molecular flexibility index (Phi) is 5.97. The number of aromatic nitrogens is 1. The average Bonchev–Trinajstić information content (AvgIpc) is 3.39. The van der Waals surface area contributed by atoms with Crippen LogP contribution >= 0.6 is 11.3 Å². The third-order valence-electron chi connectivity index (χ3n) is 7.66. The summed E-state index contributed by atoms with van der Waals surface area (Å²) in [6, 6.07) is 17.0. The monoisotopic (exact) mass is 586 g/mol. The number of anilines is 1. The number of nitro benzene ring substituents is 1. The van der Waals surface area contributed by atoms with E-state index >= 15 is 0 Å². The number of carboxylic acids is 1. The quantitative estimate of drug-likeness (QED) is 0.246. The molecule has 1 N–H and O–H groups in total. The molecule has 13 heteroatoms. The molecule has 3 aromatic carbocycles. The Morgan fingerprint density at radius 1 is 0.976 bits per heavy atom. The first kappa shape index (κ1) is 25.8. The number of fused-ring (bicyclic) bond motifs is 6. The summed E-state index contributed by atoms with van der Waals surface area (Å²) in [4.78, 5) is 54.3. The molecular weight excluding hydrogens is 564 g/mol. The molecule has 7 rings (SSSR count). The number of carbonyl (C=O) groups is 2. The lowest BCUT2D eigenvalue weighted by atomic mass is 10.1. The molecule has 0 spiro atoms. The lowest BCUT2D eigenvalue weighted by Crippen LogP contribution is -2.54. The number of rotatable bonds is 4. The normalized spacial score (nSPS) is 16.7. The molecule has 4 heterocycles. The third kappa shape index (κ3) is 4.00. The molecule has 0 radical (unpaired) electrons. The van der Waals surface area contributed by atoms with E-state index in [1.165, 1.54) is 12.1 Å². The first-order chi connectivity index (χ1) is 20.3. The van der Waals surface area contributed by atoms with Crippen molar-refractivity contribution in [3.8, 4) is 11.5 Å². The van der Waals surface area contributed by atoms with Gasteiger partial charge in [0.2, 0.25) is 11.5 Å². The molecule has 0 aliphatic carbocycles. The number of piperazine rings is 1. The number of benzene rings is 3. The third-order valence-corrected chi connectivity index (χ3v) is 8.81. The number of nitrogens with zero attached hydrogens (tertiary/aromatic N) is 4. The van der Waals surface area contributed by atoms with E-state index in [4.69, 9.17) is 9.47 Å². The fraction of sp³-hybridized carbons (Fsp3) is 0.207. The van der Waals surface area contributed by atoms with Crippen molar-refractivity contribution in [3.63, 3.8) is 0 Å². The Morgan fingerprint density at radius 3 is 2.43 bits per heavy atom. The van der Waals surface area contributed by atoms with Gasteiger partial charge in [0, 0.05) is 37.6 Å². The Balaban J connectivity index is 1.24. The van der Waals surface area contributed by atoms with Crippen LogP contribution in [-0.2, 0) is 4.79 Å². The van der Waals surface area contributed by atoms with Gasteiger partial charge in [-0.3, -0.25) is 24.1 Å². The zero-order valence-electron chi connectivity index (χ0n) is 21.9. The second-order valence-electron chi connectivity index (χ2n) is 10.0. The first-order valence-corrected chi connectivity index (χ1v) is 14.0. The van der Waals surface area contributed by atoms with Crippen molar-refractivity contribution >= 4 is 60.5 Å². The van der Waals surface area contributed by atoms with Gasteiger partial charge in [0.05, 0.1) is 20.7 Å². The summed E-state index contributed by atoms with van der Waals surface area (Å²) < 4.78 is 13.9. The number of pyridine rings is 1. The minimum atomic E-state index is -1.37. The number of carbonyl (C=O) groups excluding carboxylic acids is 1. The van der Waals surface area contributed by atoms with Crippen LogP contribution in [0.15, 0.2) is 65.5 Å². The van der Waals surface area contributed by atoms with E-state index in [1.807, 2.05) is 12.1 Å². The van der Waals surface area contributed by atoms with Gasteiger partial charge in [0.1, 0.15) is 22.7 Å². The van der Waals surface area contributed by atoms with Crippen molar-refractivity contribution in [2.24, 2.45) is 0 Å². The molecule has 212 valence electrons. The van der Waals surface area contributed by atoms with E-state index in [2.05, 4.69) is 0 Å². The summed E-state index contributed by atoms with van der Waals surface area (Å²) in [7, 11) is 0. The maximum atomic E-state index is 13.5. The molecule has 2 aliphatic rings. The number of hydrogen-bond acceptors (Lipinski definition) is 9. The summed E-state index contributed by atoms with van der Waals surface area (Å²) in [5, 5.41) is 22.3. The van der Waals surface area contributed by atoms with Crippen molar-refractivity contribution in [1.29, 1.82) is 0 Å². The number of aromatic carboxylic acids is 1. The molecule has 1 atom stereocenters. The van der Waals surface area contributed by atoms with Crippen LogP contribution in [0.4, 0.5) is 11.4 Å². The molecule has 0 bridgehead atoms. The summed E-state index contributed by atoms with van der Waals surface area (Å²) >= 11 is 1.15. The van der Waals surface area contributed by atoms with Crippen molar-refractivity contribution in [3.05, 3.63) is 86.6 Å². The molecular formula is C29H22N4O8S. The van der Waals surface area contributed by atoms with Crippen molar-refractivity contribution in [2.75, 3.05) is 37.7 Å². The van der Waals surface area contributed by atoms with Crippen LogP contribution < -0.4 is 19.8 Å². The molecule has 1 unspecified atom stereocenters. The maximum absolute atomic E-state index is 13.5. The van der Waals surface area contributed by atoms with Crippen LogP contribution in [0.3, 0.4) is 0 Å². The largest absolute Gasteiger partial charge is 0.485 e. The van der Waals surface area contributed by atoms with E-state index in [9.17, 15) is 29.6 Å². The smallest absolute Gasteiger partial charge is 0.342 e. The molecule has 1 amide bonds. The van der Waals surface area contributed by atoms with Gasteiger partial charge < -0.3 is 24.4 Å². The van der Waals surface area contributed by atoms with Gasteiger partial charge in [0.15, 0.2) is 11.5 Å². The summed E-state index contributed by atoms with van der Waals surface area (Å²) in [5.74, 6) is -0.542. The number of thiazole rings is 1. The fourth-order valence-corrected chi connectivity index (χ4v) is 6.84. The van der Waals surface area contributed by atoms with Crippen LogP contribution in [0.25, 0.3) is 25.9 Å². The van der Waals surface area contributed by atoms with Crippen molar-refractivity contribution in [2.45, 2.75) is 6.10 Å². The molecule has 1 fully saturated rings. The van der Waals surface area contributed by atoms with Crippen molar-refractivity contribution in [1.82, 2.24) is 9.30 Å². The molecule has 2 aliphatic heterocycles. The predicted molar refractivity (Wildman–Crippen MR) is 155 cm³/mol. The van der Waals surface area contributed by atoms with Crippen LogP contribution in [0.5, 0.6) is 11.5 Å². The second-order valence-corrected chi connectivity index (χ2v) is 11.0. The number of ether oxygens (including phenoxy) is 2. The highest BCUT2D eigenvalue weighted by Crippen LogP contribution is 2.37. The fourth-order valence-electron chi connectivity index (χ4n) is 5.65. The topological polar surface area (TPSA) is 144 Å². The zero-order valence-corrected chi connectivity index (χ0v) is 22.7. The van der Waals surface area contributed by atoms with Crippen LogP contribution in [0, 0.1) is 10.1 Å². The van der Waals surface area contributed by atoms with Crippen LogP contribution in [0.2, 0.25) is 0 Å². The average molecular weight is 587 g/mol. The highest BCUT2D eigenvalue weighted by molar-refractivity contribution is 7.24. The molecule has 2 aromatic heterocycles. The standard InChI is InChI=1S/C29H22N4O8S/c34-26-16-13-19(30-9-11-31(12-10-30)27(35)23-15-40-21-6-2-3-7-22(21)41-23)20(33(38)39)14-18(16)32-17-5-1-4-8-24(17)42-28(32)25(26)29(36)37/h1-8,13-14,23H,9-12,15H2,(H,36,37). The molecule has 1 saturated heterocycles. The maximum Gasteiger partial charge on any atom is 0.342 e. The molecule has 5 aromatic rings. The minimum Gasteiger partial charge on any atom is -0.485 e. The molecule has 42 heavy (non-hydrogen) atoms. The number of nitro groups is 1. The predicted octanol–water partition coefficient (Wildman–Crippen LogP) is 3.76. The van der Waals surface area contributed by atoms with Crippen LogP contribution in [0.1, 0.15) is 10.4 Å². The van der Waals surface area contributed by atoms with E-state index in [0.717, 1.165) is 16.0 Å². The highest BCUT2D eigenvalue weighted by Gasteiger charge is 2.34. The SMILES string of the molecule is O=C(O)c1c(=O)c2cc(N3CCN(C(=O)C4COc5ccccc5O4)CC3)c([N+](=O)[O-])cc2n2c1sc1ccccc12. The Morgan fingerprint density at radius 2 is 1.69 bits per heavy atom. The van der Waals surface area contributed by atoms with Gasteiger partial charge >= 0.3 is 5.97 Å². The zero-order chi connectivity index (χ0) is 29.1. The summed E-state index contributed by atoms with van der Waals surface area (Å²) in [5.41, 5.74) is -0.195. The molecule has 0 saturated carbocycles. The van der Waals surface area contributed by atoms with Gasteiger partial charge in [0.25, 0.3) is 11.6 Å². The van der Waals surface area contributed by atoms with E-state index in [0.29, 0.717) is 17.0 Å². The lowest BCUT2D eigenvalue weighted by Gasteiger charge is -2.38. The molecule has 12 nitrogen and oxygen atoms in total. The van der Waals surface area contributed by atoms with Crippen LogP contribution in [-0.4, -0.2) is 70.1 Å². The summed E-state index contributed by atoms with van der Waals surface area (Å²) in [6.45, 7) is 1.14. The number of para-hydroxylation sites is 3. The number of amides is 1. The highest BCUT2D eigenvalue weighted by atomic mass is 32.1. The second kappa shape index (κ2) is 9.73. The summed E-state index contributed by atoms with van der Waals surface area (Å²) in [6.07, 6.45) is -0.807. The number of hydrogen-bond donors (Lipinski definition) is 1. The Bertz CT molecular complexity index is 2010. The van der Waals surface area contributed by atoms with Gasteiger partial charge in [-0.1, -0.05) is 24.3 Å². The number of carboxylic acid groups (broad SMARTS) is 1.